The van der Waals surface area contributed by atoms with Crippen LogP contribution in [0.1, 0.15) is 11.1 Å². The normalized spacial score (nSPS) is 13.3. The highest BCUT2D eigenvalue weighted by molar-refractivity contribution is 5.80. The van der Waals surface area contributed by atoms with Gasteiger partial charge in [0, 0.05) is 12.0 Å². The van der Waals surface area contributed by atoms with Gasteiger partial charge >= 0.3 is 0 Å². The number of ether oxygens (including phenoxy) is 2. The molecule has 1 heterocycles. The molecule has 4 heteroatoms. The molecule has 16 heavy (non-hydrogen) atoms. The fraction of sp³-hybridized carbons (Fsp3) is 0.417. The molecule has 0 spiro atoms. The van der Waals surface area contributed by atoms with E-state index in [4.69, 9.17) is 9.47 Å². The van der Waals surface area contributed by atoms with Crippen LogP contribution in [0.2, 0.25) is 0 Å². The lowest BCUT2D eigenvalue weighted by Crippen LogP contribution is -3.00. The van der Waals surface area contributed by atoms with Crippen molar-refractivity contribution in [2.45, 2.75) is 6.42 Å². The molecule has 0 saturated heterocycles. The SMILES string of the molecule is COc1cc2c(cc1OC)CC[N+](C)=C2.[Cl-]. The largest absolute Gasteiger partial charge is 1.00 e. The first kappa shape index (κ1) is 12.8. The van der Waals surface area contributed by atoms with Crippen molar-refractivity contribution < 1.29 is 26.5 Å². The summed E-state index contributed by atoms with van der Waals surface area (Å²) in [6.45, 7) is 1.06. The van der Waals surface area contributed by atoms with Crippen molar-refractivity contribution in [2.24, 2.45) is 0 Å². The summed E-state index contributed by atoms with van der Waals surface area (Å²) in [5, 5.41) is 0. The molecule has 1 aromatic rings. The lowest BCUT2D eigenvalue weighted by molar-refractivity contribution is -0.493. The number of nitrogens with zero attached hydrogens (tertiary/aromatic N) is 1. The van der Waals surface area contributed by atoms with E-state index in [0.29, 0.717) is 0 Å². The molecule has 88 valence electrons. The first-order chi connectivity index (χ1) is 7.24. The summed E-state index contributed by atoms with van der Waals surface area (Å²) in [5.41, 5.74) is 2.55. The molecule has 0 amide bonds. The van der Waals surface area contributed by atoms with Gasteiger partial charge in [0.1, 0.15) is 13.6 Å². The molecule has 0 N–H and O–H groups in total. The number of rotatable bonds is 2. The standard InChI is InChI=1S/C12H16NO2.ClH/c1-13-5-4-9-6-11(14-2)12(15-3)7-10(9)8-13;/h6-8H,4-5H2,1-3H3;1H/q+1;/p-1. The quantitative estimate of drug-likeness (QED) is 0.578. The Bertz CT molecular complexity index is 416. The third kappa shape index (κ3) is 2.30. The highest BCUT2D eigenvalue weighted by atomic mass is 35.5. The summed E-state index contributed by atoms with van der Waals surface area (Å²) in [7, 11) is 5.42. The minimum Gasteiger partial charge on any atom is -1.00 e. The van der Waals surface area contributed by atoms with Crippen LogP contribution in [0.3, 0.4) is 0 Å². The van der Waals surface area contributed by atoms with Crippen molar-refractivity contribution in [1.29, 1.82) is 0 Å². The van der Waals surface area contributed by atoms with E-state index in [-0.39, 0.29) is 12.4 Å². The lowest BCUT2D eigenvalue weighted by atomic mass is 10.0. The van der Waals surface area contributed by atoms with E-state index < -0.39 is 0 Å². The number of hydrogen-bond donors (Lipinski definition) is 0. The zero-order valence-electron chi connectivity index (χ0n) is 9.79. The predicted octanol–water partition coefficient (Wildman–Crippen LogP) is -1.67. The van der Waals surface area contributed by atoms with Crippen LogP contribution < -0.4 is 21.9 Å². The van der Waals surface area contributed by atoms with E-state index >= 15 is 0 Å². The van der Waals surface area contributed by atoms with Crippen molar-refractivity contribution in [3.8, 4) is 11.5 Å². The highest BCUT2D eigenvalue weighted by Gasteiger charge is 2.16. The lowest BCUT2D eigenvalue weighted by Gasteiger charge is -2.14. The molecule has 0 fully saturated rings. The van der Waals surface area contributed by atoms with Crippen LogP contribution in [0.15, 0.2) is 12.1 Å². The van der Waals surface area contributed by atoms with E-state index in [1.807, 2.05) is 6.07 Å². The minimum atomic E-state index is 0. The number of halogens is 1. The van der Waals surface area contributed by atoms with Gasteiger partial charge in [0.25, 0.3) is 0 Å². The van der Waals surface area contributed by atoms with E-state index in [1.54, 1.807) is 14.2 Å². The van der Waals surface area contributed by atoms with Crippen LogP contribution in [-0.2, 0) is 6.42 Å². The molecule has 2 rings (SSSR count). The van der Waals surface area contributed by atoms with Crippen LogP contribution in [0, 0.1) is 0 Å². The fourth-order valence-corrected chi connectivity index (χ4v) is 1.87. The molecule has 1 aromatic carbocycles. The van der Waals surface area contributed by atoms with Gasteiger partial charge in [0.2, 0.25) is 0 Å². The van der Waals surface area contributed by atoms with Crippen molar-refractivity contribution in [3.63, 3.8) is 0 Å². The third-order valence-electron chi connectivity index (χ3n) is 2.74. The molecule has 0 aliphatic carbocycles. The zero-order chi connectivity index (χ0) is 10.8. The van der Waals surface area contributed by atoms with Crippen LogP contribution in [0.5, 0.6) is 11.5 Å². The van der Waals surface area contributed by atoms with E-state index in [0.717, 1.165) is 24.5 Å². The summed E-state index contributed by atoms with van der Waals surface area (Å²) < 4.78 is 12.7. The number of methoxy groups -OCH3 is 2. The number of benzene rings is 1. The van der Waals surface area contributed by atoms with E-state index in [9.17, 15) is 0 Å². The van der Waals surface area contributed by atoms with Gasteiger partial charge in [-0.1, -0.05) is 0 Å². The van der Waals surface area contributed by atoms with Crippen molar-refractivity contribution >= 4 is 6.21 Å². The monoisotopic (exact) mass is 241 g/mol. The number of likely N-dealkylation sites (N-methyl/N-ethyl adjacent to an activating group) is 1. The maximum absolute atomic E-state index is 5.28. The third-order valence-corrected chi connectivity index (χ3v) is 2.74. The van der Waals surface area contributed by atoms with Gasteiger partial charge in [-0.3, -0.25) is 0 Å². The summed E-state index contributed by atoms with van der Waals surface area (Å²) in [4.78, 5) is 0. The zero-order valence-corrected chi connectivity index (χ0v) is 10.5. The molecule has 0 radical (unpaired) electrons. The first-order valence-electron chi connectivity index (χ1n) is 5.04. The molecular weight excluding hydrogens is 226 g/mol. The van der Waals surface area contributed by atoms with Gasteiger partial charge in [-0.15, -0.1) is 0 Å². The Morgan fingerprint density at radius 3 is 2.38 bits per heavy atom. The Kier molecular flexibility index (Phi) is 4.19. The summed E-state index contributed by atoms with van der Waals surface area (Å²) in [6, 6.07) is 4.10. The van der Waals surface area contributed by atoms with Gasteiger partial charge in [-0.25, -0.2) is 4.58 Å². The van der Waals surface area contributed by atoms with Crippen molar-refractivity contribution in [3.05, 3.63) is 23.3 Å². The maximum Gasteiger partial charge on any atom is 0.170 e. The molecule has 0 saturated carbocycles. The van der Waals surface area contributed by atoms with Gasteiger partial charge < -0.3 is 21.9 Å². The average Bonchev–Trinajstić information content (AvgIpc) is 2.27. The summed E-state index contributed by atoms with van der Waals surface area (Å²) in [5.74, 6) is 1.61. The fourth-order valence-electron chi connectivity index (χ4n) is 1.87. The molecule has 3 nitrogen and oxygen atoms in total. The second-order valence-electron chi connectivity index (χ2n) is 3.77. The van der Waals surface area contributed by atoms with Crippen LogP contribution in [0.25, 0.3) is 0 Å². The smallest absolute Gasteiger partial charge is 0.170 e. The predicted molar refractivity (Wildman–Crippen MR) is 59.5 cm³/mol. The highest BCUT2D eigenvalue weighted by Crippen LogP contribution is 2.30. The maximum atomic E-state index is 5.28. The second kappa shape index (κ2) is 5.21. The first-order valence-corrected chi connectivity index (χ1v) is 5.04. The van der Waals surface area contributed by atoms with Crippen LogP contribution in [0.4, 0.5) is 0 Å². The second-order valence-corrected chi connectivity index (χ2v) is 3.77. The number of hydrogen-bond acceptors (Lipinski definition) is 2. The summed E-state index contributed by atoms with van der Waals surface area (Å²) in [6.07, 6.45) is 3.20. The molecule has 1 aliphatic rings. The van der Waals surface area contributed by atoms with E-state index in [2.05, 4.69) is 23.9 Å². The Morgan fingerprint density at radius 2 is 1.75 bits per heavy atom. The van der Waals surface area contributed by atoms with Gasteiger partial charge in [-0.2, -0.15) is 0 Å². The molecular formula is C12H16ClNO2. The minimum absolute atomic E-state index is 0. The Hall–Kier alpha value is -1.22. The van der Waals surface area contributed by atoms with Crippen molar-refractivity contribution in [1.82, 2.24) is 0 Å². The molecule has 1 aliphatic heterocycles. The Labute approximate surface area is 102 Å². The van der Waals surface area contributed by atoms with Gasteiger partial charge in [0.05, 0.1) is 14.2 Å². The van der Waals surface area contributed by atoms with Gasteiger partial charge in [-0.05, 0) is 17.7 Å². The van der Waals surface area contributed by atoms with Crippen molar-refractivity contribution in [2.75, 3.05) is 27.8 Å². The number of fused-ring (bicyclic) bond motifs is 1. The molecule has 0 bridgehead atoms. The average molecular weight is 242 g/mol. The topological polar surface area (TPSA) is 21.5 Å². The Morgan fingerprint density at radius 1 is 1.12 bits per heavy atom. The van der Waals surface area contributed by atoms with E-state index in [1.165, 1.54) is 11.1 Å². The molecule has 0 atom stereocenters. The Balaban J connectivity index is 0.00000128. The molecule has 0 aromatic heterocycles. The summed E-state index contributed by atoms with van der Waals surface area (Å²) >= 11 is 0. The molecule has 0 unspecified atom stereocenters. The van der Waals surface area contributed by atoms with Crippen LogP contribution in [-0.4, -0.2) is 38.6 Å². The van der Waals surface area contributed by atoms with Crippen LogP contribution >= 0.6 is 0 Å². The van der Waals surface area contributed by atoms with Gasteiger partial charge in [0.15, 0.2) is 17.7 Å².